The Hall–Kier alpha value is -1.49. The first-order chi connectivity index (χ1) is 9.17. The van der Waals surface area contributed by atoms with Crippen molar-refractivity contribution in [2.75, 3.05) is 13.7 Å². The van der Waals surface area contributed by atoms with Crippen molar-refractivity contribution in [1.82, 2.24) is 0 Å². The number of aryl methyl sites for hydroxylation is 1. The van der Waals surface area contributed by atoms with Crippen molar-refractivity contribution in [2.45, 2.75) is 30.4 Å². The number of rotatable bonds is 3. The van der Waals surface area contributed by atoms with Crippen molar-refractivity contribution in [2.24, 2.45) is 5.16 Å². The zero-order valence-electron chi connectivity index (χ0n) is 11.3. The van der Waals surface area contributed by atoms with E-state index in [1.165, 1.54) is 18.9 Å². The Labute approximate surface area is 117 Å². The lowest BCUT2D eigenvalue weighted by atomic mass is 10.00. The lowest BCUT2D eigenvalue weighted by Crippen LogP contribution is -2.28. The highest BCUT2D eigenvalue weighted by atomic mass is 32.2. The topological polar surface area (TPSA) is 47.9 Å². The number of nitrogens with zero attached hydrogens (tertiary/aromatic N) is 1. The fraction of sp³-hybridized carbons (Fsp3) is 0.429. The smallest absolute Gasteiger partial charge is 0.319 e. The Morgan fingerprint density at radius 2 is 2.32 bits per heavy atom. The second-order valence-corrected chi connectivity index (χ2v) is 5.48. The normalized spacial score (nSPS) is 19.9. The number of esters is 1. The summed E-state index contributed by atoms with van der Waals surface area (Å²) in [5.41, 5.74) is 3.03. The van der Waals surface area contributed by atoms with Crippen LogP contribution in [0.15, 0.2) is 28.3 Å². The maximum Gasteiger partial charge on any atom is 0.319 e. The van der Waals surface area contributed by atoms with Gasteiger partial charge >= 0.3 is 5.97 Å². The van der Waals surface area contributed by atoms with Gasteiger partial charge in [-0.05, 0) is 25.5 Å². The third-order valence-corrected chi connectivity index (χ3v) is 4.16. The van der Waals surface area contributed by atoms with E-state index in [1.807, 2.05) is 32.0 Å². The summed E-state index contributed by atoms with van der Waals surface area (Å²) in [7, 11) is 1.52. The molecule has 1 atom stereocenters. The van der Waals surface area contributed by atoms with Gasteiger partial charge in [0.25, 0.3) is 0 Å². The first kappa shape index (κ1) is 13.9. The summed E-state index contributed by atoms with van der Waals surface area (Å²) in [6.07, 6.45) is 0.537. The predicted molar refractivity (Wildman–Crippen MR) is 75.6 cm³/mol. The standard InChI is InChI=1S/C14H17NO3S/c1-4-18-14(16)12-8-10(15-17-3)13-9(2)6-5-7-11(13)19-12/h5-7,12H,4,8H2,1-3H3. The molecule has 1 unspecified atom stereocenters. The molecule has 1 aromatic carbocycles. The molecule has 1 aromatic rings. The average Bonchev–Trinajstić information content (AvgIpc) is 2.39. The molecule has 0 fully saturated rings. The summed E-state index contributed by atoms with van der Waals surface area (Å²) in [6, 6.07) is 6.03. The summed E-state index contributed by atoms with van der Waals surface area (Å²) in [4.78, 5) is 17.9. The van der Waals surface area contributed by atoms with E-state index in [4.69, 9.17) is 9.57 Å². The highest BCUT2D eigenvalue weighted by Gasteiger charge is 2.31. The number of oxime groups is 1. The van der Waals surface area contributed by atoms with Crippen LogP contribution in [0.1, 0.15) is 24.5 Å². The van der Waals surface area contributed by atoms with E-state index in [-0.39, 0.29) is 11.2 Å². The molecule has 102 valence electrons. The highest BCUT2D eigenvalue weighted by Crippen LogP contribution is 2.37. The van der Waals surface area contributed by atoms with Crippen LogP contribution in [0, 0.1) is 6.92 Å². The molecule has 0 radical (unpaired) electrons. The van der Waals surface area contributed by atoms with Crippen molar-refractivity contribution in [3.63, 3.8) is 0 Å². The van der Waals surface area contributed by atoms with Gasteiger partial charge in [-0.1, -0.05) is 17.3 Å². The minimum atomic E-state index is -0.247. The minimum Gasteiger partial charge on any atom is -0.465 e. The van der Waals surface area contributed by atoms with E-state index in [1.54, 1.807) is 0 Å². The van der Waals surface area contributed by atoms with Gasteiger partial charge in [-0.3, -0.25) is 4.79 Å². The average molecular weight is 279 g/mol. The number of thioether (sulfide) groups is 1. The van der Waals surface area contributed by atoms with E-state index in [0.717, 1.165) is 21.7 Å². The zero-order valence-corrected chi connectivity index (χ0v) is 12.1. The molecule has 1 aliphatic heterocycles. The lowest BCUT2D eigenvalue weighted by Gasteiger charge is -2.24. The third-order valence-electron chi connectivity index (χ3n) is 2.92. The monoisotopic (exact) mass is 279 g/mol. The number of carbonyl (C=O) groups is 1. The summed E-state index contributed by atoms with van der Waals surface area (Å²) < 4.78 is 5.10. The van der Waals surface area contributed by atoms with Crippen molar-refractivity contribution in [3.05, 3.63) is 29.3 Å². The molecular formula is C14H17NO3S. The molecule has 0 aliphatic carbocycles. The number of benzene rings is 1. The van der Waals surface area contributed by atoms with Crippen LogP contribution in [0.25, 0.3) is 0 Å². The fourth-order valence-corrected chi connectivity index (χ4v) is 3.41. The van der Waals surface area contributed by atoms with Crippen LogP contribution in [0.2, 0.25) is 0 Å². The van der Waals surface area contributed by atoms with Crippen LogP contribution in [0.5, 0.6) is 0 Å². The molecule has 0 bridgehead atoms. The Balaban J connectivity index is 2.37. The van der Waals surface area contributed by atoms with Crippen LogP contribution in [-0.2, 0) is 14.4 Å². The van der Waals surface area contributed by atoms with Crippen LogP contribution in [0.4, 0.5) is 0 Å². The van der Waals surface area contributed by atoms with E-state index in [2.05, 4.69) is 5.16 Å². The lowest BCUT2D eigenvalue weighted by molar-refractivity contribution is -0.142. The Bertz CT molecular complexity index is 513. The predicted octanol–water partition coefficient (Wildman–Crippen LogP) is 2.77. The summed E-state index contributed by atoms with van der Waals surface area (Å²) in [5, 5.41) is 3.83. The fourth-order valence-electron chi connectivity index (χ4n) is 2.14. The molecule has 0 saturated carbocycles. The van der Waals surface area contributed by atoms with Crippen LogP contribution < -0.4 is 0 Å². The molecule has 19 heavy (non-hydrogen) atoms. The van der Waals surface area contributed by atoms with Gasteiger partial charge in [0.2, 0.25) is 0 Å². The van der Waals surface area contributed by atoms with E-state index in [0.29, 0.717) is 13.0 Å². The molecular weight excluding hydrogens is 262 g/mol. The van der Waals surface area contributed by atoms with Gasteiger partial charge in [0.05, 0.1) is 12.3 Å². The molecule has 0 spiro atoms. The summed E-state index contributed by atoms with van der Waals surface area (Å²) in [6.45, 7) is 4.25. The number of hydrogen-bond donors (Lipinski definition) is 0. The summed E-state index contributed by atoms with van der Waals surface area (Å²) >= 11 is 1.54. The Morgan fingerprint density at radius 1 is 1.53 bits per heavy atom. The van der Waals surface area contributed by atoms with E-state index in [9.17, 15) is 4.79 Å². The van der Waals surface area contributed by atoms with Gasteiger partial charge in [-0.2, -0.15) is 0 Å². The van der Waals surface area contributed by atoms with Gasteiger partial charge in [-0.25, -0.2) is 0 Å². The Kier molecular flexibility index (Phi) is 4.47. The third kappa shape index (κ3) is 2.92. The molecule has 1 heterocycles. The van der Waals surface area contributed by atoms with Crippen LogP contribution in [0.3, 0.4) is 0 Å². The quantitative estimate of drug-likeness (QED) is 0.630. The molecule has 0 saturated heterocycles. The van der Waals surface area contributed by atoms with Gasteiger partial charge in [0.1, 0.15) is 12.4 Å². The van der Waals surface area contributed by atoms with E-state index < -0.39 is 0 Å². The number of carbonyl (C=O) groups excluding carboxylic acids is 1. The minimum absolute atomic E-state index is 0.191. The molecule has 2 rings (SSSR count). The first-order valence-corrected chi connectivity index (χ1v) is 7.08. The zero-order chi connectivity index (χ0) is 13.8. The number of hydrogen-bond acceptors (Lipinski definition) is 5. The van der Waals surface area contributed by atoms with Crippen molar-refractivity contribution in [3.8, 4) is 0 Å². The highest BCUT2D eigenvalue weighted by molar-refractivity contribution is 8.00. The largest absolute Gasteiger partial charge is 0.465 e. The molecule has 5 heteroatoms. The molecule has 0 amide bonds. The molecule has 4 nitrogen and oxygen atoms in total. The SMILES string of the molecule is CCOC(=O)C1CC(=NOC)c2c(C)cccc2S1. The second-order valence-electron chi connectivity index (χ2n) is 4.23. The maximum absolute atomic E-state index is 11.9. The number of fused-ring (bicyclic) bond motifs is 1. The first-order valence-electron chi connectivity index (χ1n) is 6.20. The number of ether oxygens (including phenoxy) is 1. The van der Waals surface area contributed by atoms with Crippen LogP contribution >= 0.6 is 11.8 Å². The van der Waals surface area contributed by atoms with Gasteiger partial charge in [-0.15, -0.1) is 11.8 Å². The van der Waals surface area contributed by atoms with Gasteiger partial charge in [0, 0.05) is 16.9 Å². The van der Waals surface area contributed by atoms with Crippen molar-refractivity contribution < 1.29 is 14.4 Å². The van der Waals surface area contributed by atoms with Gasteiger partial charge < -0.3 is 9.57 Å². The van der Waals surface area contributed by atoms with Crippen LogP contribution in [-0.4, -0.2) is 30.6 Å². The van der Waals surface area contributed by atoms with E-state index >= 15 is 0 Å². The van der Waals surface area contributed by atoms with Crippen molar-refractivity contribution >= 4 is 23.4 Å². The summed E-state index contributed by atoms with van der Waals surface area (Å²) in [5.74, 6) is -0.191. The second kappa shape index (κ2) is 6.10. The van der Waals surface area contributed by atoms with Crippen molar-refractivity contribution in [1.29, 1.82) is 0 Å². The Morgan fingerprint density at radius 3 is 3.00 bits per heavy atom. The maximum atomic E-state index is 11.9. The molecule has 0 N–H and O–H groups in total. The molecule has 1 aliphatic rings. The van der Waals surface area contributed by atoms with Gasteiger partial charge in [0.15, 0.2) is 0 Å². The molecule has 0 aromatic heterocycles.